The second-order valence-electron chi connectivity index (χ2n) is 4.18. The summed E-state index contributed by atoms with van der Waals surface area (Å²) < 4.78 is 22.5. The maximum Gasteiger partial charge on any atom is 0.319 e. The standard InChI is InChI=1S/C11H13ClN2O3S/c12-9-3-1-2-4-10(9)14-11(15)13-8-5-6-18(16,17)7-8/h1-4,8H,5-7H2,(H2,13,14,15). The van der Waals surface area contributed by atoms with E-state index in [4.69, 9.17) is 11.6 Å². The molecule has 1 heterocycles. The molecule has 1 fully saturated rings. The molecule has 1 aromatic carbocycles. The van der Waals surface area contributed by atoms with Crippen molar-refractivity contribution in [1.82, 2.24) is 5.32 Å². The Balaban J connectivity index is 1.92. The first-order valence-electron chi connectivity index (χ1n) is 5.49. The summed E-state index contributed by atoms with van der Waals surface area (Å²) in [5.74, 6) is 0.132. The van der Waals surface area contributed by atoms with Gasteiger partial charge in [0.05, 0.1) is 22.2 Å². The molecule has 1 aliphatic heterocycles. The lowest BCUT2D eigenvalue weighted by Crippen LogP contribution is -2.38. The zero-order valence-electron chi connectivity index (χ0n) is 9.52. The van der Waals surface area contributed by atoms with Gasteiger partial charge in [0.1, 0.15) is 0 Å². The minimum absolute atomic E-state index is 0.00292. The number of nitrogens with one attached hydrogen (secondary N) is 2. The molecule has 2 amide bonds. The maximum absolute atomic E-state index is 11.7. The summed E-state index contributed by atoms with van der Waals surface area (Å²) in [4.78, 5) is 11.7. The monoisotopic (exact) mass is 288 g/mol. The van der Waals surface area contributed by atoms with Crippen LogP contribution in [-0.2, 0) is 9.84 Å². The largest absolute Gasteiger partial charge is 0.334 e. The lowest BCUT2D eigenvalue weighted by Gasteiger charge is -2.12. The third kappa shape index (κ3) is 3.36. The zero-order valence-corrected chi connectivity index (χ0v) is 11.1. The predicted molar refractivity (Wildman–Crippen MR) is 70.7 cm³/mol. The molecule has 98 valence electrons. The first-order valence-corrected chi connectivity index (χ1v) is 7.69. The molecule has 0 bridgehead atoms. The van der Waals surface area contributed by atoms with Crippen molar-refractivity contribution in [2.45, 2.75) is 12.5 Å². The van der Waals surface area contributed by atoms with Crippen LogP contribution in [0.2, 0.25) is 5.02 Å². The van der Waals surface area contributed by atoms with E-state index in [9.17, 15) is 13.2 Å². The van der Waals surface area contributed by atoms with Gasteiger partial charge in [-0.25, -0.2) is 13.2 Å². The molecule has 2 N–H and O–H groups in total. The highest BCUT2D eigenvalue weighted by molar-refractivity contribution is 7.91. The van der Waals surface area contributed by atoms with Crippen LogP contribution < -0.4 is 10.6 Å². The highest BCUT2D eigenvalue weighted by atomic mass is 35.5. The Hall–Kier alpha value is -1.27. The van der Waals surface area contributed by atoms with Crippen molar-refractivity contribution >= 4 is 33.2 Å². The topological polar surface area (TPSA) is 75.3 Å². The van der Waals surface area contributed by atoms with Crippen molar-refractivity contribution in [2.75, 3.05) is 16.8 Å². The van der Waals surface area contributed by atoms with E-state index in [1.165, 1.54) is 0 Å². The lowest BCUT2D eigenvalue weighted by atomic mass is 10.3. The van der Waals surface area contributed by atoms with E-state index < -0.39 is 15.9 Å². The number of anilines is 1. The molecule has 0 aliphatic carbocycles. The number of benzene rings is 1. The number of carbonyl (C=O) groups excluding carboxylic acids is 1. The van der Waals surface area contributed by atoms with Gasteiger partial charge in [0.25, 0.3) is 0 Å². The van der Waals surface area contributed by atoms with Crippen LogP contribution in [0.4, 0.5) is 10.5 Å². The van der Waals surface area contributed by atoms with Crippen molar-refractivity contribution in [1.29, 1.82) is 0 Å². The summed E-state index contributed by atoms with van der Waals surface area (Å²) in [6.45, 7) is 0. The fraction of sp³-hybridized carbons (Fsp3) is 0.364. The molecule has 5 nitrogen and oxygen atoms in total. The Kier molecular flexibility index (Phi) is 3.77. The molecule has 2 rings (SSSR count). The molecule has 1 aliphatic rings. The van der Waals surface area contributed by atoms with Gasteiger partial charge in [-0.15, -0.1) is 0 Å². The molecule has 0 radical (unpaired) electrons. The van der Waals surface area contributed by atoms with Gasteiger partial charge in [-0.3, -0.25) is 0 Å². The zero-order chi connectivity index (χ0) is 13.2. The summed E-state index contributed by atoms with van der Waals surface area (Å²) in [5, 5.41) is 5.65. The highest BCUT2D eigenvalue weighted by Gasteiger charge is 2.28. The number of sulfone groups is 1. The van der Waals surface area contributed by atoms with E-state index in [0.29, 0.717) is 17.1 Å². The molecule has 0 saturated carbocycles. The lowest BCUT2D eigenvalue weighted by molar-refractivity contribution is 0.249. The summed E-state index contributed by atoms with van der Waals surface area (Å²) in [7, 11) is -2.99. The van der Waals surface area contributed by atoms with Crippen LogP contribution in [0.25, 0.3) is 0 Å². The van der Waals surface area contributed by atoms with Gasteiger partial charge in [-0.05, 0) is 18.6 Å². The average molecular weight is 289 g/mol. The normalized spacial score (nSPS) is 21.5. The van der Waals surface area contributed by atoms with Crippen molar-refractivity contribution in [2.24, 2.45) is 0 Å². The second kappa shape index (κ2) is 5.16. The van der Waals surface area contributed by atoms with Crippen LogP contribution in [0.3, 0.4) is 0 Å². The maximum atomic E-state index is 11.7. The van der Waals surface area contributed by atoms with Crippen molar-refractivity contribution in [3.05, 3.63) is 29.3 Å². The first-order chi connectivity index (χ1) is 8.46. The molecular weight excluding hydrogens is 276 g/mol. The third-order valence-electron chi connectivity index (χ3n) is 2.69. The van der Waals surface area contributed by atoms with Crippen LogP contribution in [0, 0.1) is 0 Å². The van der Waals surface area contributed by atoms with Gasteiger partial charge >= 0.3 is 6.03 Å². The third-order valence-corrected chi connectivity index (χ3v) is 4.79. The quantitative estimate of drug-likeness (QED) is 0.869. The van der Waals surface area contributed by atoms with Crippen LogP contribution in [0.5, 0.6) is 0 Å². The van der Waals surface area contributed by atoms with E-state index in [2.05, 4.69) is 10.6 Å². The molecule has 0 spiro atoms. The molecular formula is C11H13ClN2O3S. The number of hydrogen-bond donors (Lipinski definition) is 2. The summed E-state index contributed by atoms with van der Waals surface area (Å²) in [5.41, 5.74) is 0.498. The van der Waals surface area contributed by atoms with E-state index in [-0.39, 0.29) is 17.5 Å². The van der Waals surface area contributed by atoms with Gasteiger partial charge in [-0.1, -0.05) is 23.7 Å². The number of amides is 2. The Bertz CT molecular complexity index is 559. The van der Waals surface area contributed by atoms with Gasteiger partial charge in [-0.2, -0.15) is 0 Å². The molecule has 18 heavy (non-hydrogen) atoms. The van der Waals surface area contributed by atoms with Gasteiger partial charge in [0.2, 0.25) is 0 Å². The van der Waals surface area contributed by atoms with Gasteiger partial charge in [0.15, 0.2) is 9.84 Å². The van der Waals surface area contributed by atoms with Crippen molar-refractivity contribution < 1.29 is 13.2 Å². The highest BCUT2D eigenvalue weighted by Crippen LogP contribution is 2.20. The number of hydrogen-bond acceptors (Lipinski definition) is 3. The Morgan fingerprint density at radius 2 is 2.06 bits per heavy atom. The molecule has 7 heteroatoms. The van der Waals surface area contributed by atoms with E-state index in [1.54, 1.807) is 24.3 Å². The summed E-state index contributed by atoms with van der Waals surface area (Å²) in [6.07, 6.45) is 0.457. The number of urea groups is 1. The Labute approximate surface area is 110 Å². The molecule has 1 unspecified atom stereocenters. The number of para-hydroxylation sites is 1. The minimum atomic E-state index is -2.99. The number of rotatable bonds is 2. The average Bonchev–Trinajstić information content (AvgIpc) is 2.61. The van der Waals surface area contributed by atoms with Crippen LogP contribution in [0.15, 0.2) is 24.3 Å². The van der Waals surface area contributed by atoms with E-state index in [1.807, 2.05) is 0 Å². The fourth-order valence-electron chi connectivity index (χ4n) is 1.82. The van der Waals surface area contributed by atoms with Crippen LogP contribution in [0.1, 0.15) is 6.42 Å². The van der Waals surface area contributed by atoms with Gasteiger partial charge < -0.3 is 10.6 Å². The SMILES string of the molecule is O=C(Nc1ccccc1Cl)NC1CCS(=O)(=O)C1. The Morgan fingerprint density at radius 3 is 2.67 bits per heavy atom. The molecule has 1 atom stereocenters. The summed E-state index contributed by atoms with van der Waals surface area (Å²) in [6, 6.07) is 6.09. The van der Waals surface area contributed by atoms with E-state index in [0.717, 1.165) is 0 Å². The van der Waals surface area contributed by atoms with Crippen molar-refractivity contribution in [3.8, 4) is 0 Å². The van der Waals surface area contributed by atoms with Crippen molar-refractivity contribution in [3.63, 3.8) is 0 Å². The fourth-order valence-corrected chi connectivity index (χ4v) is 3.67. The molecule has 1 aromatic rings. The number of halogens is 1. The first kappa shape index (κ1) is 13.2. The second-order valence-corrected chi connectivity index (χ2v) is 6.81. The molecule has 0 aromatic heterocycles. The van der Waals surface area contributed by atoms with Crippen LogP contribution in [-0.4, -0.2) is 32.0 Å². The van der Waals surface area contributed by atoms with E-state index >= 15 is 0 Å². The minimum Gasteiger partial charge on any atom is -0.334 e. The van der Waals surface area contributed by atoms with Gasteiger partial charge in [0, 0.05) is 6.04 Å². The Morgan fingerprint density at radius 1 is 1.33 bits per heavy atom. The summed E-state index contributed by atoms with van der Waals surface area (Å²) >= 11 is 5.89. The predicted octanol–water partition coefficient (Wildman–Crippen LogP) is 1.65. The number of carbonyl (C=O) groups is 1. The smallest absolute Gasteiger partial charge is 0.319 e. The molecule has 1 saturated heterocycles. The van der Waals surface area contributed by atoms with Crippen LogP contribution >= 0.6 is 11.6 Å².